The lowest BCUT2D eigenvalue weighted by molar-refractivity contribution is -0.150. The number of anilines is 3. The average molecular weight is 466 g/mol. The fraction of sp³-hybridized carbons (Fsp3) is 0.333. The maximum atomic E-state index is 13.0. The Morgan fingerprint density at radius 2 is 1.71 bits per heavy atom. The maximum Gasteiger partial charge on any atom is 0.259 e. The van der Waals surface area contributed by atoms with E-state index in [0.29, 0.717) is 35.0 Å². The van der Waals surface area contributed by atoms with Crippen molar-refractivity contribution in [3.63, 3.8) is 0 Å². The number of nitrogens with two attached hydrogens (primary N) is 1. The number of ether oxygens (including phenoxy) is 1. The summed E-state index contributed by atoms with van der Waals surface area (Å²) >= 11 is 0. The van der Waals surface area contributed by atoms with E-state index in [1.807, 2.05) is 0 Å². The fourth-order valence-electron chi connectivity index (χ4n) is 3.70. The molecule has 2 aliphatic rings. The van der Waals surface area contributed by atoms with Crippen molar-refractivity contribution in [1.82, 2.24) is 0 Å². The highest BCUT2D eigenvalue weighted by Gasteiger charge is 2.39. The number of nitrogen functional groups attached to an aromatic ring is 1. The van der Waals surface area contributed by atoms with Crippen molar-refractivity contribution in [2.24, 2.45) is 11.7 Å². The highest BCUT2D eigenvalue weighted by Crippen LogP contribution is 2.32. The summed E-state index contributed by atoms with van der Waals surface area (Å²) in [7, 11) is 0. The van der Waals surface area contributed by atoms with E-state index in [2.05, 4.69) is 10.6 Å². The quantitative estimate of drug-likeness (QED) is 0.293. The van der Waals surface area contributed by atoms with Gasteiger partial charge in [-0.15, -0.1) is 0 Å². The highest BCUT2D eigenvalue weighted by atomic mass is 16.5. The zero-order valence-corrected chi connectivity index (χ0v) is 18.5. The van der Waals surface area contributed by atoms with Crippen molar-refractivity contribution in [3.8, 4) is 0 Å². The van der Waals surface area contributed by atoms with Crippen LogP contribution in [-0.2, 0) is 19.1 Å². The summed E-state index contributed by atoms with van der Waals surface area (Å²) in [6.07, 6.45) is -0.357. The molecular weight excluding hydrogens is 438 g/mol. The van der Waals surface area contributed by atoms with Crippen molar-refractivity contribution in [3.05, 3.63) is 54.1 Å². The lowest BCUT2D eigenvalue weighted by Crippen LogP contribution is -2.55. The Hall–Kier alpha value is -3.76. The molecule has 1 saturated carbocycles. The third-order valence-electron chi connectivity index (χ3n) is 5.77. The molecular formula is C24H27N5O5. The van der Waals surface area contributed by atoms with E-state index in [4.69, 9.17) is 15.9 Å². The minimum absolute atomic E-state index is 0.0252. The minimum Gasteiger partial charge on any atom is -0.384 e. The molecule has 3 amide bonds. The molecule has 2 atom stereocenters. The van der Waals surface area contributed by atoms with Crippen LogP contribution >= 0.6 is 0 Å². The first kappa shape index (κ1) is 23.4. The number of aliphatic hydroxyl groups is 1. The molecule has 2 fully saturated rings. The van der Waals surface area contributed by atoms with Gasteiger partial charge >= 0.3 is 0 Å². The lowest BCUT2D eigenvalue weighted by Gasteiger charge is -2.34. The van der Waals surface area contributed by atoms with E-state index in [-0.39, 0.29) is 24.9 Å². The van der Waals surface area contributed by atoms with Gasteiger partial charge in [0, 0.05) is 35.6 Å². The van der Waals surface area contributed by atoms with E-state index in [9.17, 15) is 19.5 Å². The number of carbonyl (C=O) groups excluding carboxylic acids is 3. The van der Waals surface area contributed by atoms with Gasteiger partial charge in [0.2, 0.25) is 5.91 Å². The molecule has 34 heavy (non-hydrogen) atoms. The molecule has 0 aromatic heterocycles. The van der Waals surface area contributed by atoms with Gasteiger partial charge in [-0.25, -0.2) is 0 Å². The Balaban J connectivity index is 1.37. The summed E-state index contributed by atoms with van der Waals surface area (Å²) < 4.78 is 5.43. The standard InChI is InChI=1S/C24H27N5O5/c25-22(26)15-3-5-17(6-4-15)28-23(32)20(31)21-24(33)29(11-12-34-21)18-9-7-16(8-10-18)27-19(30)13-14-1-2-14/h3-10,14,20-21,31H,1-2,11-13H2,(H3,25,26)(H,27,30)(H,28,32)/t20-,21?/m1/s1. The van der Waals surface area contributed by atoms with Gasteiger partial charge in [-0.3, -0.25) is 19.8 Å². The van der Waals surface area contributed by atoms with Crippen LogP contribution in [0.15, 0.2) is 48.5 Å². The Morgan fingerprint density at radius 1 is 1.09 bits per heavy atom. The van der Waals surface area contributed by atoms with Crippen LogP contribution in [0.2, 0.25) is 0 Å². The molecule has 2 aromatic rings. The predicted octanol–water partition coefficient (Wildman–Crippen LogP) is 1.44. The van der Waals surface area contributed by atoms with E-state index >= 15 is 0 Å². The second kappa shape index (κ2) is 10.0. The molecule has 6 N–H and O–H groups in total. The number of hydrogen-bond donors (Lipinski definition) is 5. The Morgan fingerprint density at radius 3 is 2.32 bits per heavy atom. The summed E-state index contributed by atoms with van der Waals surface area (Å²) in [6.45, 7) is 0.414. The Kier molecular flexibility index (Phi) is 6.90. The molecule has 10 nitrogen and oxygen atoms in total. The van der Waals surface area contributed by atoms with Crippen LogP contribution in [0.4, 0.5) is 17.1 Å². The van der Waals surface area contributed by atoms with E-state index in [0.717, 1.165) is 12.8 Å². The van der Waals surface area contributed by atoms with Crippen LogP contribution in [0.1, 0.15) is 24.8 Å². The van der Waals surface area contributed by atoms with Crippen LogP contribution in [-0.4, -0.2) is 54.0 Å². The first-order chi connectivity index (χ1) is 16.3. The SMILES string of the molecule is N=C(N)c1ccc(NC(=O)[C@H](O)C2OCCN(c3ccc(NC(=O)CC4CC4)cc3)C2=O)cc1. The van der Waals surface area contributed by atoms with E-state index in [1.54, 1.807) is 48.5 Å². The second-order valence-corrected chi connectivity index (χ2v) is 8.45. The third kappa shape index (κ3) is 5.59. The number of nitrogens with one attached hydrogen (secondary N) is 3. The number of amidine groups is 1. The van der Waals surface area contributed by atoms with Crippen LogP contribution < -0.4 is 21.3 Å². The number of carbonyl (C=O) groups is 3. The van der Waals surface area contributed by atoms with Crippen molar-refractivity contribution >= 4 is 40.6 Å². The number of hydrogen-bond acceptors (Lipinski definition) is 6. The van der Waals surface area contributed by atoms with Gasteiger partial charge < -0.3 is 31.1 Å². The summed E-state index contributed by atoms with van der Waals surface area (Å²) in [5.74, 6) is -0.961. The molecule has 2 aromatic carbocycles. The molecule has 0 radical (unpaired) electrons. The molecule has 1 heterocycles. The lowest BCUT2D eigenvalue weighted by atomic mass is 10.1. The Bertz CT molecular complexity index is 1080. The van der Waals surface area contributed by atoms with Crippen molar-refractivity contribution in [2.45, 2.75) is 31.5 Å². The zero-order valence-electron chi connectivity index (χ0n) is 18.5. The van der Waals surface area contributed by atoms with Crippen molar-refractivity contribution in [1.29, 1.82) is 5.41 Å². The molecule has 1 unspecified atom stereocenters. The number of benzene rings is 2. The monoisotopic (exact) mass is 465 g/mol. The van der Waals surface area contributed by atoms with Crippen LogP contribution in [0, 0.1) is 11.3 Å². The largest absolute Gasteiger partial charge is 0.384 e. The van der Waals surface area contributed by atoms with Gasteiger partial charge in [-0.2, -0.15) is 0 Å². The first-order valence-corrected chi connectivity index (χ1v) is 11.1. The van der Waals surface area contributed by atoms with Crippen molar-refractivity contribution in [2.75, 3.05) is 28.7 Å². The topological polar surface area (TPSA) is 158 Å². The van der Waals surface area contributed by atoms with Gasteiger partial charge in [-0.05, 0) is 67.3 Å². The average Bonchev–Trinajstić information content (AvgIpc) is 3.63. The predicted molar refractivity (Wildman–Crippen MR) is 127 cm³/mol. The fourth-order valence-corrected chi connectivity index (χ4v) is 3.70. The number of amides is 3. The van der Waals surface area contributed by atoms with Gasteiger partial charge in [0.15, 0.2) is 12.2 Å². The molecule has 1 aliphatic carbocycles. The summed E-state index contributed by atoms with van der Waals surface area (Å²) in [4.78, 5) is 39.0. The summed E-state index contributed by atoms with van der Waals surface area (Å²) in [5.41, 5.74) is 7.51. The smallest absolute Gasteiger partial charge is 0.259 e. The molecule has 0 spiro atoms. The maximum absolute atomic E-state index is 13.0. The molecule has 1 aliphatic heterocycles. The number of morpholine rings is 1. The molecule has 0 bridgehead atoms. The zero-order chi connectivity index (χ0) is 24.2. The number of rotatable bonds is 8. The van der Waals surface area contributed by atoms with E-state index < -0.39 is 24.0 Å². The van der Waals surface area contributed by atoms with Gasteiger partial charge in [0.25, 0.3) is 11.8 Å². The summed E-state index contributed by atoms with van der Waals surface area (Å²) in [6, 6.07) is 13.0. The van der Waals surface area contributed by atoms with Gasteiger partial charge in [0.1, 0.15) is 5.84 Å². The van der Waals surface area contributed by atoms with Gasteiger partial charge in [0.05, 0.1) is 6.61 Å². The summed E-state index contributed by atoms with van der Waals surface area (Å²) in [5, 5.41) is 23.3. The molecule has 10 heteroatoms. The molecule has 1 saturated heterocycles. The van der Waals surface area contributed by atoms with Gasteiger partial charge in [-0.1, -0.05) is 0 Å². The number of nitrogens with zero attached hydrogens (tertiary/aromatic N) is 1. The van der Waals surface area contributed by atoms with E-state index in [1.165, 1.54) is 4.90 Å². The minimum atomic E-state index is -1.72. The Labute approximate surface area is 196 Å². The molecule has 178 valence electrons. The molecule has 4 rings (SSSR count). The van der Waals surface area contributed by atoms with Crippen LogP contribution in [0.3, 0.4) is 0 Å². The number of aliphatic hydroxyl groups excluding tert-OH is 1. The normalized spacial score (nSPS) is 18.8. The second-order valence-electron chi connectivity index (χ2n) is 8.45. The third-order valence-corrected chi connectivity index (χ3v) is 5.77. The van der Waals surface area contributed by atoms with Crippen molar-refractivity contribution < 1.29 is 24.2 Å². The van der Waals surface area contributed by atoms with Crippen LogP contribution in [0.5, 0.6) is 0 Å². The van der Waals surface area contributed by atoms with Crippen LogP contribution in [0.25, 0.3) is 0 Å². The first-order valence-electron chi connectivity index (χ1n) is 11.1. The highest BCUT2D eigenvalue weighted by molar-refractivity contribution is 6.04.